The first-order valence-electron chi connectivity index (χ1n) is 13.0. The molecule has 3 N–H and O–H groups in total. The van der Waals surface area contributed by atoms with Crippen LogP contribution >= 0.6 is 0 Å². The smallest absolute Gasteiger partial charge is 0.410 e. The van der Waals surface area contributed by atoms with Gasteiger partial charge in [0.1, 0.15) is 6.10 Å². The van der Waals surface area contributed by atoms with Crippen LogP contribution in [-0.2, 0) is 9.47 Å². The average Bonchev–Trinajstić information content (AvgIpc) is 3.32. The Morgan fingerprint density at radius 1 is 1.06 bits per heavy atom. The van der Waals surface area contributed by atoms with Gasteiger partial charge in [-0.2, -0.15) is 19.6 Å². The zero-order valence-corrected chi connectivity index (χ0v) is 20.7. The van der Waals surface area contributed by atoms with Crippen molar-refractivity contribution < 1.29 is 14.3 Å². The molecule has 1 amide bonds. The van der Waals surface area contributed by atoms with Gasteiger partial charge in [0.05, 0.1) is 12.3 Å². The third kappa shape index (κ3) is 4.29. The topological polar surface area (TPSA) is 118 Å². The summed E-state index contributed by atoms with van der Waals surface area (Å²) in [5, 5.41) is 14.9. The molecule has 2 aromatic rings. The SMILES string of the molecule is COC1CC(Nc2nc(NC3CC4CCC(C3)N4C(=O)OC3CNC3)n3ncc(C(C)C)c3n2)C1. The van der Waals surface area contributed by atoms with Crippen LogP contribution in [0.4, 0.5) is 16.7 Å². The molecule has 0 aromatic carbocycles. The molecule has 1 aliphatic carbocycles. The van der Waals surface area contributed by atoms with Crippen LogP contribution < -0.4 is 16.0 Å². The van der Waals surface area contributed by atoms with Crippen molar-refractivity contribution in [1.82, 2.24) is 29.8 Å². The Morgan fingerprint density at radius 2 is 1.77 bits per heavy atom. The van der Waals surface area contributed by atoms with Crippen molar-refractivity contribution in [3.05, 3.63) is 11.8 Å². The predicted octanol–water partition coefficient (Wildman–Crippen LogP) is 2.35. The Hall–Kier alpha value is -2.66. The molecule has 0 spiro atoms. The van der Waals surface area contributed by atoms with E-state index in [1.807, 2.05) is 15.6 Å². The van der Waals surface area contributed by atoms with Crippen molar-refractivity contribution in [2.24, 2.45) is 0 Å². The molecule has 11 nitrogen and oxygen atoms in total. The number of methoxy groups -OCH3 is 1. The number of ether oxygens (including phenoxy) is 2. The van der Waals surface area contributed by atoms with Crippen LogP contribution in [0.2, 0.25) is 0 Å². The van der Waals surface area contributed by atoms with Crippen molar-refractivity contribution in [3.63, 3.8) is 0 Å². The molecule has 2 unspecified atom stereocenters. The summed E-state index contributed by atoms with van der Waals surface area (Å²) in [6, 6.07) is 0.927. The summed E-state index contributed by atoms with van der Waals surface area (Å²) in [6.45, 7) is 5.82. The average molecular weight is 485 g/mol. The lowest BCUT2D eigenvalue weighted by molar-refractivity contribution is 0.0194. The molecule has 35 heavy (non-hydrogen) atoms. The molecule has 1 saturated carbocycles. The highest BCUT2D eigenvalue weighted by Gasteiger charge is 2.45. The Bertz CT molecular complexity index is 1070. The molecule has 6 rings (SSSR count). The quantitative estimate of drug-likeness (QED) is 0.544. The van der Waals surface area contributed by atoms with Gasteiger partial charge in [-0.05, 0) is 44.4 Å². The van der Waals surface area contributed by atoms with Gasteiger partial charge < -0.3 is 30.3 Å². The Morgan fingerprint density at radius 3 is 2.40 bits per heavy atom. The fraction of sp³-hybridized carbons (Fsp3) is 0.750. The van der Waals surface area contributed by atoms with E-state index in [4.69, 9.17) is 19.4 Å². The standard InChI is InChI=1S/C24H36N8O3/c1-13(2)20-12-26-32-21(20)29-22(27-15-8-18(9-15)34-3)30-23(32)28-14-6-16-4-5-17(7-14)31(16)24(33)35-19-10-25-11-19/h12-19,25H,4-11H2,1-3H3,(H2,27,28,29,30). The van der Waals surface area contributed by atoms with Gasteiger partial charge in [0.25, 0.3) is 0 Å². The highest BCUT2D eigenvalue weighted by Crippen LogP contribution is 2.38. The van der Waals surface area contributed by atoms with E-state index in [0.29, 0.717) is 30.0 Å². The fourth-order valence-corrected chi connectivity index (χ4v) is 5.84. The molecule has 2 atom stereocenters. The van der Waals surface area contributed by atoms with Crippen LogP contribution in [0.3, 0.4) is 0 Å². The number of anilines is 2. The molecule has 5 heterocycles. The van der Waals surface area contributed by atoms with Crippen molar-refractivity contribution in [3.8, 4) is 0 Å². The summed E-state index contributed by atoms with van der Waals surface area (Å²) in [5.74, 6) is 1.63. The fourth-order valence-electron chi connectivity index (χ4n) is 5.84. The number of amides is 1. The summed E-state index contributed by atoms with van der Waals surface area (Å²) in [5.41, 5.74) is 1.94. The number of fused-ring (bicyclic) bond motifs is 3. The second kappa shape index (κ2) is 9.09. The lowest BCUT2D eigenvalue weighted by atomic mass is 9.89. The molecule has 3 saturated heterocycles. The summed E-state index contributed by atoms with van der Waals surface area (Å²) < 4.78 is 12.9. The first-order chi connectivity index (χ1) is 17.0. The Balaban J connectivity index is 1.19. The first-order valence-corrected chi connectivity index (χ1v) is 13.0. The first kappa shape index (κ1) is 22.8. The summed E-state index contributed by atoms with van der Waals surface area (Å²) in [4.78, 5) is 24.5. The summed E-state index contributed by atoms with van der Waals surface area (Å²) >= 11 is 0. The number of nitrogens with zero attached hydrogens (tertiary/aromatic N) is 5. The van der Waals surface area contributed by atoms with Gasteiger partial charge in [0.2, 0.25) is 11.9 Å². The van der Waals surface area contributed by atoms with Crippen molar-refractivity contribution >= 4 is 23.6 Å². The van der Waals surface area contributed by atoms with E-state index in [1.165, 1.54) is 0 Å². The maximum atomic E-state index is 12.8. The predicted molar refractivity (Wildman–Crippen MR) is 131 cm³/mol. The van der Waals surface area contributed by atoms with Crippen molar-refractivity contribution in [2.75, 3.05) is 30.8 Å². The van der Waals surface area contributed by atoms with Gasteiger partial charge in [-0.1, -0.05) is 13.8 Å². The zero-order chi connectivity index (χ0) is 24.1. The number of rotatable bonds is 7. The van der Waals surface area contributed by atoms with Gasteiger partial charge >= 0.3 is 6.09 Å². The molecular weight excluding hydrogens is 448 g/mol. The van der Waals surface area contributed by atoms with E-state index in [9.17, 15) is 4.79 Å². The van der Waals surface area contributed by atoms with Crippen LogP contribution in [-0.4, -0.2) is 87.1 Å². The van der Waals surface area contributed by atoms with Crippen LogP contribution in [0.25, 0.3) is 5.65 Å². The lowest BCUT2D eigenvalue weighted by Gasteiger charge is -2.40. The molecule has 0 radical (unpaired) electrons. The molecular formula is C24H36N8O3. The number of piperidine rings is 1. The van der Waals surface area contributed by atoms with E-state index in [2.05, 4.69) is 34.9 Å². The third-order valence-electron chi connectivity index (χ3n) is 8.07. The minimum atomic E-state index is -0.151. The van der Waals surface area contributed by atoms with Gasteiger partial charge in [-0.25, -0.2) is 4.79 Å². The molecule has 11 heteroatoms. The maximum absolute atomic E-state index is 12.8. The zero-order valence-electron chi connectivity index (χ0n) is 20.7. The highest BCUT2D eigenvalue weighted by molar-refractivity contribution is 5.69. The Labute approximate surface area is 205 Å². The molecule has 2 bridgehead atoms. The third-order valence-corrected chi connectivity index (χ3v) is 8.07. The summed E-state index contributed by atoms with van der Waals surface area (Å²) in [7, 11) is 1.76. The largest absolute Gasteiger partial charge is 0.443 e. The molecule has 4 fully saturated rings. The van der Waals surface area contributed by atoms with E-state index in [-0.39, 0.29) is 30.3 Å². The maximum Gasteiger partial charge on any atom is 0.410 e. The van der Waals surface area contributed by atoms with Crippen LogP contribution in [0, 0.1) is 0 Å². The van der Waals surface area contributed by atoms with Crippen molar-refractivity contribution in [1.29, 1.82) is 0 Å². The van der Waals surface area contributed by atoms with Crippen LogP contribution in [0.1, 0.15) is 63.9 Å². The van der Waals surface area contributed by atoms with E-state index >= 15 is 0 Å². The number of aromatic nitrogens is 4. The van der Waals surface area contributed by atoms with Crippen LogP contribution in [0.15, 0.2) is 6.20 Å². The van der Waals surface area contributed by atoms with E-state index in [1.54, 1.807) is 7.11 Å². The lowest BCUT2D eigenvalue weighted by Crippen LogP contribution is -2.55. The molecule has 4 aliphatic rings. The minimum absolute atomic E-state index is 0.0165. The Kier molecular flexibility index (Phi) is 5.92. The molecule has 3 aliphatic heterocycles. The number of carbonyl (C=O) groups is 1. The molecule has 190 valence electrons. The number of carbonyl (C=O) groups excluding carboxylic acids is 1. The van der Waals surface area contributed by atoms with Gasteiger partial charge in [-0.3, -0.25) is 0 Å². The summed E-state index contributed by atoms with van der Waals surface area (Å²) in [6.07, 6.45) is 7.78. The number of hydrogen-bond donors (Lipinski definition) is 3. The van der Waals surface area contributed by atoms with Crippen molar-refractivity contribution in [2.45, 2.75) is 94.7 Å². The highest BCUT2D eigenvalue weighted by atomic mass is 16.6. The second-order valence-electron chi connectivity index (χ2n) is 10.8. The number of nitrogens with one attached hydrogen (secondary N) is 3. The monoisotopic (exact) mass is 484 g/mol. The molecule has 2 aromatic heterocycles. The van der Waals surface area contributed by atoms with Gasteiger partial charge in [0, 0.05) is 49.9 Å². The van der Waals surface area contributed by atoms with Crippen LogP contribution in [0.5, 0.6) is 0 Å². The van der Waals surface area contributed by atoms with E-state index in [0.717, 1.165) is 62.8 Å². The van der Waals surface area contributed by atoms with E-state index < -0.39 is 0 Å². The normalized spacial score (nSPS) is 30.3. The second-order valence-corrected chi connectivity index (χ2v) is 10.8. The van der Waals surface area contributed by atoms with Gasteiger partial charge in [-0.15, -0.1) is 0 Å². The minimum Gasteiger partial charge on any atom is -0.443 e. The number of hydrogen-bond acceptors (Lipinski definition) is 9. The van der Waals surface area contributed by atoms with Gasteiger partial charge in [0.15, 0.2) is 5.65 Å².